The number of nitrogens with one attached hydrogen (secondary N) is 2. The molecule has 0 aromatic rings. The van der Waals surface area contributed by atoms with Gasteiger partial charge in [-0.25, -0.2) is 0 Å². The van der Waals surface area contributed by atoms with Crippen molar-refractivity contribution < 1.29 is 4.55 Å². The summed E-state index contributed by atoms with van der Waals surface area (Å²) in [4.78, 5) is 0. The van der Waals surface area contributed by atoms with Crippen LogP contribution in [0.25, 0.3) is 0 Å². The van der Waals surface area contributed by atoms with Crippen molar-refractivity contribution >= 4 is 22.9 Å². The first-order valence-electron chi connectivity index (χ1n) is 6.03. The number of nitrogens with zero attached hydrogens (tertiary/aromatic N) is 1. The molecule has 0 spiro atoms. The van der Waals surface area contributed by atoms with E-state index >= 15 is 0 Å². The van der Waals surface area contributed by atoms with Gasteiger partial charge < -0.3 is 9.87 Å². The first-order chi connectivity index (χ1) is 7.68. The Morgan fingerprint density at radius 1 is 1.41 bits per heavy atom. The molecule has 0 heterocycles. The van der Waals surface area contributed by atoms with E-state index in [0.29, 0.717) is 18.0 Å². The average molecular weight is 259 g/mol. The molecule has 0 rings (SSSR count). The standard InChI is InChI=1S/C12H25N3OS/c1-7-8-10(11(13)14-9(2)3)15-17(16)12(4,5)6/h9H,7-8H2,1-6H3,(H2,13,14)/b15-10+/t17-/m1/s1. The van der Waals surface area contributed by atoms with Crippen LogP contribution in [0.5, 0.6) is 0 Å². The topological polar surface area (TPSA) is 71.3 Å². The minimum Gasteiger partial charge on any atom is -0.591 e. The number of rotatable bonds is 5. The highest BCUT2D eigenvalue weighted by Crippen LogP contribution is 2.17. The quantitative estimate of drug-likeness (QED) is 0.452. The molecule has 0 aromatic heterocycles. The summed E-state index contributed by atoms with van der Waals surface area (Å²) in [6, 6.07) is 0.188. The summed E-state index contributed by atoms with van der Waals surface area (Å²) < 4.78 is 15.8. The van der Waals surface area contributed by atoms with Crippen LogP contribution < -0.4 is 5.32 Å². The first kappa shape index (κ1) is 16.4. The van der Waals surface area contributed by atoms with Gasteiger partial charge in [-0.1, -0.05) is 17.7 Å². The molecule has 0 fully saturated rings. The van der Waals surface area contributed by atoms with Crippen molar-refractivity contribution in [2.24, 2.45) is 4.40 Å². The minimum atomic E-state index is -1.30. The van der Waals surface area contributed by atoms with E-state index in [1.54, 1.807) is 0 Å². The van der Waals surface area contributed by atoms with Crippen molar-refractivity contribution in [3.63, 3.8) is 0 Å². The molecule has 100 valence electrons. The van der Waals surface area contributed by atoms with Crippen LogP contribution in [0.3, 0.4) is 0 Å². The summed E-state index contributed by atoms with van der Waals surface area (Å²) in [5.41, 5.74) is 0.606. The van der Waals surface area contributed by atoms with Crippen molar-refractivity contribution in [1.82, 2.24) is 5.32 Å². The minimum absolute atomic E-state index is 0.188. The number of amidine groups is 1. The maximum Gasteiger partial charge on any atom is 0.144 e. The summed E-state index contributed by atoms with van der Waals surface area (Å²) in [6.07, 6.45) is 1.57. The van der Waals surface area contributed by atoms with E-state index in [9.17, 15) is 4.55 Å². The largest absolute Gasteiger partial charge is 0.591 e. The Bertz CT molecular complexity index is 282. The van der Waals surface area contributed by atoms with E-state index in [-0.39, 0.29) is 10.8 Å². The summed E-state index contributed by atoms with van der Waals surface area (Å²) in [6.45, 7) is 11.6. The molecule has 0 saturated heterocycles. The summed E-state index contributed by atoms with van der Waals surface area (Å²) in [5.74, 6) is 0.291. The molecular weight excluding hydrogens is 234 g/mol. The molecule has 0 saturated carbocycles. The van der Waals surface area contributed by atoms with Crippen molar-refractivity contribution in [3.05, 3.63) is 0 Å². The van der Waals surface area contributed by atoms with Gasteiger partial charge in [0, 0.05) is 6.04 Å². The fourth-order valence-electron chi connectivity index (χ4n) is 1.06. The molecule has 0 aliphatic rings. The normalized spacial score (nSPS) is 14.9. The van der Waals surface area contributed by atoms with Gasteiger partial charge in [-0.15, -0.1) is 0 Å². The SMILES string of the molecule is CCC/C(=N\[S@+]([O-])C(C)(C)C)C(=N)NC(C)C. The summed E-state index contributed by atoms with van der Waals surface area (Å²) in [5, 5.41) is 10.9. The van der Waals surface area contributed by atoms with Crippen LogP contribution in [-0.4, -0.2) is 26.9 Å². The lowest BCUT2D eigenvalue weighted by Gasteiger charge is -2.20. The van der Waals surface area contributed by atoms with Gasteiger partial charge in [-0.2, -0.15) is 0 Å². The fourth-order valence-corrected chi connectivity index (χ4v) is 1.72. The highest BCUT2D eigenvalue weighted by molar-refractivity contribution is 7.91. The molecule has 2 N–H and O–H groups in total. The zero-order valence-corrected chi connectivity index (χ0v) is 12.6. The Labute approximate surface area is 108 Å². The molecule has 0 aliphatic heterocycles. The van der Waals surface area contributed by atoms with Crippen molar-refractivity contribution in [3.8, 4) is 0 Å². The smallest absolute Gasteiger partial charge is 0.144 e. The van der Waals surface area contributed by atoms with E-state index < -0.39 is 11.4 Å². The highest BCUT2D eigenvalue weighted by atomic mass is 32.2. The van der Waals surface area contributed by atoms with E-state index in [0.717, 1.165) is 6.42 Å². The van der Waals surface area contributed by atoms with Gasteiger partial charge in [0.05, 0.1) is 0 Å². The molecule has 0 unspecified atom stereocenters. The van der Waals surface area contributed by atoms with Crippen LogP contribution in [-0.2, 0) is 11.4 Å². The van der Waals surface area contributed by atoms with E-state index in [2.05, 4.69) is 9.71 Å². The Balaban J connectivity index is 4.84. The fraction of sp³-hybridized carbons (Fsp3) is 0.833. The van der Waals surface area contributed by atoms with Gasteiger partial charge in [0.15, 0.2) is 0 Å². The van der Waals surface area contributed by atoms with Crippen molar-refractivity contribution in [2.45, 2.75) is 65.2 Å². The maximum atomic E-state index is 11.9. The lowest BCUT2D eigenvalue weighted by molar-refractivity contribution is 0.561. The molecular formula is C12H25N3OS. The third-order valence-corrected chi connectivity index (χ3v) is 3.36. The molecule has 1 atom stereocenters. The molecule has 0 bridgehead atoms. The molecule has 0 aliphatic carbocycles. The molecule has 5 heteroatoms. The van der Waals surface area contributed by atoms with Crippen LogP contribution in [0.2, 0.25) is 0 Å². The number of hydrogen-bond acceptors (Lipinski definition) is 3. The molecule has 4 nitrogen and oxygen atoms in total. The van der Waals surface area contributed by atoms with E-state index in [1.165, 1.54) is 0 Å². The monoisotopic (exact) mass is 259 g/mol. The van der Waals surface area contributed by atoms with Gasteiger partial charge in [-0.3, -0.25) is 5.41 Å². The average Bonchev–Trinajstić information content (AvgIpc) is 2.14. The zero-order chi connectivity index (χ0) is 13.6. The van der Waals surface area contributed by atoms with E-state index in [4.69, 9.17) is 5.41 Å². The lowest BCUT2D eigenvalue weighted by Crippen LogP contribution is -2.37. The Morgan fingerprint density at radius 2 is 1.94 bits per heavy atom. The van der Waals surface area contributed by atoms with Crippen LogP contribution in [0.4, 0.5) is 0 Å². The maximum absolute atomic E-state index is 11.9. The second-order valence-corrected chi connectivity index (χ2v) is 7.23. The third-order valence-electron chi connectivity index (χ3n) is 1.93. The van der Waals surface area contributed by atoms with Gasteiger partial charge in [0.2, 0.25) is 0 Å². The van der Waals surface area contributed by atoms with Gasteiger partial charge in [-0.05, 0) is 41.0 Å². The van der Waals surface area contributed by atoms with Crippen LogP contribution in [0.15, 0.2) is 4.40 Å². The third kappa shape index (κ3) is 6.68. The predicted molar refractivity (Wildman–Crippen MR) is 76.2 cm³/mol. The van der Waals surface area contributed by atoms with Gasteiger partial charge in [0.25, 0.3) is 0 Å². The Hall–Kier alpha value is -0.550. The van der Waals surface area contributed by atoms with Gasteiger partial charge in [0.1, 0.15) is 27.7 Å². The zero-order valence-electron chi connectivity index (χ0n) is 11.8. The second kappa shape index (κ2) is 7.01. The van der Waals surface area contributed by atoms with Gasteiger partial charge >= 0.3 is 0 Å². The van der Waals surface area contributed by atoms with Crippen molar-refractivity contribution in [1.29, 1.82) is 5.41 Å². The Morgan fingerprint density at radius 3 is 2.29 bits per heavy atom. The summed E-state index contributed by atoms with van der Waals surface area (Å²) >= 11 is -1.30. The molecule has 0 aromatic carbocycles. The molecule has 0 radical (unpaired) electrons. The molecule has 17 heavy (non-hydrogen) atoms. The van der Waals surface area contributed by atoms with E-state index in [1.807, 2.05) is 41.5 Å². The highest BCUT2D eigenvalue weighted by Gasteiger charge is 2.27. The molecule has 0 amide bonds. The van der Waals surface area contributed by atoms with Crippen LogP contribution >= 0.6 is 0 Å². The first-order valence-corrected chi connectivity index (χ1v) is 7.14. The Kier molecular flexibility index (Phi) is 6.78. The predicted octanol–water partition coefficient (Wildman–Crippen LogP) is 2.66. The second-order valence-electron chi connectivity index (χ2n) is 5.32. The van der Waals surface area contributed by atoms with Crippen molar-refractivity contribution in [2.75, 3.05) is 0 Å². The van der Waals surface area contributed by atoms with Crippen LogP contribution in [0.1, 0.15) is 54.4 Å². The lowest BCUT2D eigenvalue weighted by atomic mass is 10.2. The van der Waals surface area contributed by atoms with Crippen LogP contribution in [0, 0.1) is 5.41 Å². The number of hydrogen-bond donors (Lipinski definition) is 2. The summed E-state index contributed by atoms with van der Waals surface area (Å²) in [7, 11) is 0.